The lowest BCUT2D eigenvalue weighted by Crippen LogP contribution is -2.37. The highest BCUT2D eigenvalue weighted by molar-refractivity contribution is 7.89. The number of esters is 1. The van der Waals surface area contributed by atoms with Crippen LogP contribution in [0.15, 0.2) is 60.7 Å². The molecule has 0 radical (unpaired) electrons. The van der Waals surface area contributed by atoms with Crippen molar-refractivity contribution in [1.29, 1.82) is 0 Å². The first-order valence-corrected chi connectivity index (χ1v) is 9.10. The summed E-state index contributed by atoms with van der Waals surface area (Å²) in [5, 5.41) is 5.11. The van der Waals surface area contributed by atoms with Gasteiger partial charge in [-0.15, -0.1) is 0 Å². The molecule has 2 atom stereocenters. The van der Waals surface area contributed by atoms with E-state index in [-0.39, 0.29) is 6.61 Å². The third-order valence-electron chi connectivity index (χ3n) is 3.56. The summed E-state index contributed by atoms with van der Waals surface area (Å²) >= 11 is 0. The van der Waals surface area contributed by atoms with Gasteiger partial charge >= 0.3 is 5.97 Å². The van der Waals surface area contributed by atoms with Gasteiger partial charge in [-0.3, -0.25) is 4.79 Å². The van der Waals surface area contributed by atoms with Crippen molar-refractivity contribution in [2.45, 2.75) is 12.6 Å². The minimum absolute atomic E-state index is 0.0440. The summed E-state index contributed by atoms with van der Waals surface area (Å²) in [6.45, 7) is 0.0440. The van der Waals surface area contributed by atoms with Gasteiger partial charge < -0.3 is 10.5 Å². The van der Waals surface area contributed by atoms with Crippen molar-refractivity contribution in [2.24, 2.45) is 16.8 Å². The van der Waals surface area contributed by atoms with Gasteiger partial charge in [0, 0.05) is 6.04 Å². The molecule has 0 saturated carbocycles. The Kier molecular flexibility index (Phi) is 6.08. The van der Waals surface area contributed by atoms with Crippen molar-refractivity contribution < 1.29 is 17.9 Å². The maximum atomic E-state index is 12.4. The first-order valence-electron chi connectivity index (χ1n) is 7.38. The number of sulfonamides is 1. The molecule has 0 fully saturated rings. The Labute approximate surface area is 141 Å². The first-order chi connectivity index (χ1) is 11.4. The lowest BCUT2D eigenvalue weighted by Gasteiger charge is -2.22. The van der Waals surface area contributed by atoms with E-state index in [1.807, 2.05) is 18.2 Å². The fraction of sp³-hybridized carbons (Fsp3) is 0.235. The van der Waals surface area contributed by atoms with Gasteiger partial charge in [0.05, 0.1) is 11.7 Å². The van der Waals surface area contributed by atoms with Crippen molar-refractivity contribution in [3.8, 4) is 0 Å². The number of ether oxygens (including phenoxy) is 1. The third kappa shape index (κ3) is 5.45. The fourth-order valence-electron chi connectivity index (χ4n) is 2.31. The zero-order valence-electron chi connectivity index (χ0n) is 13.0. The average molecular weight is 348 g/mol. The maximum Gasteiger partial charge on any atom is 0.312 e. The molecule has 0 heterocycles. The summed E-state index contributed by atoms with van der Waals surface area (Å²) in [4.78, 5) is 12.4. The Morgan fingerprint density at radius 2 is 1.54 bits per heavy atom. The molecule has 0 aliphatic carbocycles. The summed E-state index contributed by atoms with van der Waals surface area (Å²) in [7, 11) is -3.89. The smallest absolute Gasteiger partial charge is 0.312 e. The van der Waals surface area contributed by atoms with E-state index in [0.29, 0.717) is 5.56 Å². The molecular formula is C17H20N2O4S. The van der Waals surface area contributed by atoms with Crippen molar-refractivity contribution in [3.05, 3.63) is 71.8 Å². The van der Waals surface area contributed by atoms with Gasteiger partial charge in [0.25, 0.3) is 0 Å². The molecule has 2 rings (SSSR count). The van der Waals surface area contributed by atoms with E-state index in [2.05, 4.69) is 0 Å². The molecule has 6 nitrogen and oxygen atoms in total. The second kappa shape index (κ2) is 8.05. The normalized spacial score (nSPS) is 13.9. The van der Waals surface area contributed by atoms with Crippen molar-refractivity contribution in [3.63, 3.8) is 0 Å². The molecule has 4 N–H and O–H groups in total. The number of carbonyl (C=O) groups excluding carboxylic acids is 1. The van der Waals surface area contributed by atoms with Gasteiger partial charge in [-0.25, -0.2) is 13.6 Å². The SMILES string of the molecule is NC(c1ccccc1)C(CS(N)(=O)=O)C(=O)OCc1ccccc1. The molecule has 2 unspecified atom stereocenters. The van der Waals surface area contributed by atoms with E-state index in [0.717, 1.165) is 5.56 Å². The highest BCUT2D eigenvalue weighted by Gasteiger charge is 2.32. The van der Waals surface area contributed by atoms with E-state index in [9.17, 15) is 13.2 Å². The molecule has 24 heavy (non-hydrogen) atoms. The Morgan fingerprint density at radius 1 is 1.00 bits per heavy atom. The van der Waals surface area contributed by atoms with Crippen LogP contribution in [-0.2, 0) is 26.2 Å². The predicted molar refractivity (Wildman–Crippen MR) is 91.1 cm³/mol. The molecule has 0 aliphatic heterocycles. The first kappa shape index (κ1) is 18.1. The molecule has 0 amide bonds. The van der Waals surface area contributed by atoms with E-state index >= 15 is 0 Å². The minimum atomic E-state index is -3.89. The highest BCUT2D eigenvalue weighted by atomic mass is 32.2. The molecule has 2 aromatic carbocycles. The van der Waals surface area contributed by atoms with Gasteiger partial charge in [-0.1, -0.05) is 60.7 Å². The van der Waals surface area contributed by atoms with Crippen LogP contribution in [0.3, 0.4) is 0 Å². The van der Waals surface area contributed by atoms with E-state index in [4.69, 9.17) is 15.6 Å². The van der Waals surface area contributed by atoms with Gasteiger partial charge in [0.2, 0.25) is 10.0 Å². The molecule has 0 aliphatic rings. The number of carbonyl (C=O) groups is 1. The molecule has 0 bridgehead atoms. The molecular weight excluding hydrogens is 328 g/mol. The Morgan fingerprint density at radius 3 is 2.08 bits per heavy atom. The van der Waals surface area contributed by atoms with Crippen molar-refractivity contribution >= 4 is 16.0 Å². The number of rotatable bonds is 7. The lowest BCUT2D eigenvalue weighted by molar-refractivity contribution is -0.149. The van der Waals surface area contributed by atoms with Gasteiger partial charge in [0.1, 0.15) is 6.61 Å². The van der Waals surface area contributed by atoms with E-state index in [1.165, 1.54) is 0 Å². The fourth-order valence-corrected chi connectivity index (χ4v) is 3.16. The molecule has 0 spiro atoms. The van der Waals surface area contributed by atoms with Crippen molar-refractivity contribution in [1.82, 2.24) is 0 Å². The number of benzene rings is 2. The van der Waals surface area contributed by atoms with Crippen LogP contribution >= 0.6 is 0 Å². The third-order valence-corrected chi connectivity index (χ3v) is 4.38. The zero-order valence-corrected chi connectivity index (χ0v) is 13.9. The molecule has 0 aromatic heterocycles. The van der Waals surface area contributed by atoms with Crippen LogP contribution in [0.5, 0.6) is 0 Å². The largest absolute Gasteiger partial charge is 0.461 e. The summed E-state index contributed by atoms with van der Waals surface area (Å²) in [5.74, 6) is -2.34. The Balaban J connectivity index is 2.14. The lowest BCUT2D eigenvalue weighted by atomic mass is 9.95. The van der Waals surface area contributed by atoms with Gasteiger partial charge in [-0.2, -0.15) is 0 Å². The van der Waals surface area contributed by atoms with E-state index < -0.39 is 33.7 Å². The monoisotopic (exact) mass is 348 g/mol. The van der Waals surface area contributed by atoms with Crippen LogP contribution in [0.25, 0.3) is 0 Å². The quantitative estimate of drug-likeness (QED) is 0.733. The zero-order chi connectivity index (χ0) is 17.6. The van der Waals surface area contributed by atoms with Crippen LogP contribution in [0.1, 0.15) is 17.2 Å². The van der Waals surface area contributed by atoms with Crippen LogP contribution in [0.2, 0.25) is 0 Å². The van der Waals surface area contributed by atoms with Crippen LogP contribution in [0, 0.1) is 5.92 Å². The second-order valence-electron chi connectivity index (χ2n) is 5.47. The Hall–Kier alpha value is -2.22. The van der Waals surface area contributed by atoms with Crippen LogP contribution in [0.4, 0.5) is 0 Å². The number of nitrogens with two attached hydrogens (primary N) is 2. The average Bonchev–Trinajstić information content (AvgIpc) is 2.58. The summed E-state index contributed by atoms with van der Waals surface area (Å²) in [6.07, 6.45) is 0. The summed E-state index contributed by atoms with van der Waals surface area (Å²) in [6, 6.07) is 17.1. The van der Waals surface area contributed by atoms with E-state index in [1.54, 1.807) is 42.5 Å². The summed E-state index contributed by atoms with van der Waals surface area (Å²) in [5.41, 5.74) is 7.54. The maximum absolute atomic E-state index is 12.4. The second-order valence-corrected chi connectivity index (χ2v) is 7.12. The van der Waals surface area contributed by atoms with Gasteiger partial charge in [-0.05, 0) is 11.1 Å². The number of hydrogen-bond donors (Lipinski definition) is 2. The topological polar surface area (TPSA) is 112 Å². The highest BCUT2D eigenvalue weighted by Crippen LogP contribution is 2.22. The van der Waals surface area contributed by atoms with Crippen molar-refractivity contribution in [2.75, 3.05) is 5.75 Å². The predicted octanol–water partition coefficient (Wildman–Crippen LogP) is 1.33. The van der Waals surface area contributed by atoms with Gasteiger partial charge in [0.15, 0.2) is 0 Å². The minimum Gasteiger partial charge on any atom is -0.461 e. The standard InChI is InChI=1S/C17H20N2O4S/c18-16(14-9-5-2-6-10-14)15(12-24(19,21)22)17(20)23-11-13-7-3-1-4-8-13/h1-10,15-16H,11-12,18H2,(H2,19,21,22). The van der Waals surface area contributed by atoms with Crippen LogP contribution < -0.4 is 10.9 Å². The Bertz CT molecular complexity index is 764. The number of hydrogen-bond acceptors (Lipinski definition) is 5. The molecule has 7 heteroatoms. The molecule has 2 aromatic rings. The summed E-state index contributed by atoms with van der Waals surface area (Å²) < 4.78 is 28.2. The van der Waals surface area contributed by atoms with Crippen LogP contribution in [-0.4, -0.2) is 20.1 Å². The molecule has 128 valence electrons. The number of primary sulfonamides is 1. The molecule has 0 saturated heterocycles.